The molecule has 21 heavy (non-hydrogen) atoms. The number of carboxylic acids is 1. The minimum Gasteiger partial charge on any atom is -0.478 e. The van der Waals surface area contributed by atoms with Gasteiger partial charge in [0, 0.05) is 5.02 Å². The number of benzene rings is 3. The van der Waals surface area contributed by atoms with E-state index in [4.69, 9.17) is 11.6 Å². The van der Waals surface area contributed by atoms with Crippen molar-refractivity contribution in [2.75, 3.05) is 0 Å². The van der Waals surface area contributed by atoms with Crippen LogP contribution >= 0.6 is 11.6 Å². The molecular weight excluding hydrogens is 284 g/mol. The van der Waals surface area contributed by atoms with Crippen molar-refractivity contribution in [3.05, 3.63) is 70.7 Å². The maximum atomic E-state index is 11.5. The molecule has 0 atom stereocenters. The predicted octanol–water partition coefficient (Wildman–Crippen LogP) is 5.17. The lowest BCUT2D eigenvalue weighted by atomic mass is 9.93. The van der Waals surface area contributed by atoms with Crippen LogP contribution in [-0.2, 0) is 0 Å². The number of carbonyl (C=O) groups is 1. The number of hydrogen-bond acceptors (Lipinski definition) is 1. The number of hydrogen-bond donors (Lipinski definition) is 1. The highest BCUT2D eigenvalue weighted by molar-refractivity contribution is 6.31. The maximum Gasteiger partial charge on any atom is 0.336 e. The van der Waals surface area contributed by atoms with Gasteiger partial charge < -0.3 is 5.11 Å². The summed E-state index contributed by atoms with van der Waals surface area (Å²) in [7, 11) is 0. The molecule has 0 saturated heterocycles. The number of aryl methyl sites for hydroxylation is 1. The molecule has 0 amide bonds. The number of rotatable bonds is 2. The lowest BCUT2D eigenvalue weighted by Gasteiger charge is -2.12. The minimum absolute atomic E-state index is 0.219. The molecule has 1 N–H and O–H groups in total. The lowest BCUT2D eigenvalue weighted by molar-refractivity contribution is 0.0698. The summed E-state index contributed by atoms with van der Waals surface area (Å²) >= 11 is 5.93. The standard InChI is InChI=1S/C18H13ClO2/c1-11-6-8-15(14-5-3-2-4-13(11)14)16-9-7-12(19)10-17(16)18(20)21/h2-10H,1H3,(H,20,21). The van der Waals surface area contributed by atoms with Crippen molar-refractivity contribution < 1.29 is 9.90 Å². The van der Waals surface area contributed by atoms with Gasteiger partial charge in [-0.2, -0.15) is 0 Å². The van der Waals surface area contributed by atoms with E-state index >= 15 is 0 Å². The van der Waals surface area contributed by atoms with Crippen LogP contribution in [0.15, 0.2) is 54.6 Å². The largest absolute Gasteiger partial charge is 0.478 e. The quantitative estimate of drug-likeness (QED) is 0.708. The van der Waals surface area contributed by atoms with Crippen molar-refractivity contribution in [1.29, 1.82) is 0 Å². The zero-order valence-corrected chi connectivity index (χ0v) is 12.2. The Bertz CT molecular complexity index is 853. The molecule has 0 bridgehead atoms. The second-order valence-corrected chi connectivity index (χ2v) is 5.41. The third-order valence-electron chi connectivity index (χ3n) is 3.64. The van der Waals surface area contributed by atoms with E-state index in [9.17, 15) is 9.90 Å². The Morgan fingerprint density at radius 3 is 2.33 bits per heavy atom. The van der Waals surface area contributed by atoms with E-state index in [1.165, 1.54) is 11.6 Å². The maximum absolute atomic E-state index is 11.5. The fourth-order valence-corrected chi connectivity index (χ4v) is 2.78. The summed E-state index contributed by atoms with van der Waals surface area (Å²) in [6.07, 6.45) is 0. The van der Waals surface area contributed by atoms with Crippen LogP contribution in [0.2, 0.25) is 5.02 Å². The number of fused-ring (bicyclic) bond motifs is 1. The van der Waals surface area contributed by atoms with Crippen molar-refractivity contribution in [2.45, 2.75) is 6.92 Å². The first-order valence-electron chi connectivity index (χ1n) is 6.59. The third-order valence-corrected chi connectivity index (χ3v) is 3.88. The van der Waals surface area contributed by atoms with Gasteiger partial charge in [0.1, 0.15) is 0 Å². The van der Waals surface area contributed by atoms with Crippen LogP contribution in [-0.4, -0.2) is 11.1 Å². The van der Waals surface area contributed by atoms with Gasteiger partial charge in [-0.1, -0.05) is 54.1 Å². The summed E-state index contributed by atoms with van der Waals surface area (Å²) in [6, 6.07) is 17.0. The first kappa shape index (κ1) is 13.7. The van der Waals surface area contributed by atoms with Gasteiger partial charge >= 0.3 is 5.97 Å². The third kappa shape index (κ3) is 2.39. The average molecular weight is 297 g/mol. The first-order chi connectivity index (χ1) is 10.1. The molecule has 0 fully saturated rings. The molecule has 104 valence electrons. The van der Waals surface area contributed by atoms with Crippen LogP contribution in [0.5, 0.6) is 0 Å². The van der Waals surface area contributed by atoms with Gasteiger partial charge in [-0.25, -0.2) is 4.79 Å². The fourth-order valence-electron chi connectivity index (χ4n) is 2.61. The Hall–Kier alpha value is -2.32. The number of halogens is 1. The molecular formula is C18H13ClO2. The molecule has 3 aromatic carbocycles. The summed E-state index contributed by atoms with van der Waals surface area (Å²) in [4.78, 5) is 11.5. The SMILES string of the molecule is Cc1ccc(-c2ccc(Cl)cc2C(=O)O)c2ccccc12. The van der Waals surface area contributed by atoms with E-state index < -0.39 is 5.97 Å². The molecule has 3 aromatic rings. The minimum atomic E-state index is -0.975. The van der Waals surface area contributed by atoms with Gasteiger partial charge in [0.2, 0.25) is 0 Å². The van der Waals surface area contributed by atoms with E-state index in [2.05, 4.69) is 0 Å². The van der Waals surface area contributed by atoms with Crippen LogP contribution < -0.4 is 0 Å². The Morgan fingerprint density at radius 1 is 0.952 bits per heavy atom. The molecule has 0 aliphatic rings. The molecule has 0 unspecified atom stereocenters. The summed E-state index contributed by atoms with van der Waals surface area (Å²) in [5.74, 6) is -0.975. The average Bonchev–Trinajstić information content (AvgIpc) is 2.48. The van der Waals surface area contributed by atoms with Crippen LogP contribution in [0, 0.1) is 6.92 Å². The second-order valence-electron chi connectivity index (χ2n) is 4.97. The lowest BCUT2D eigenvalue weighted by Crippen LogP contribution is -2.00. The summed E-state index contributed by atoms with van der Waals surface area (Å²) in [6.45, 7) is 2.05. The van der Waals surface area contributed by atoms with Crippen LogP contribution in [0.4, 0.5) is 0 Å². The normalized spacial score (nSPS) is 10.8. The molecule has 0 heterocycles. The van der Waals surface area contributed by atoms with Crippen molar-refractivity contribution in [3.8, 4) is 11.1 Å². The topological polar surface area (TPSA) is 37.3 Å². The first-order valence-corrected chi connectivity index (χ1v) is 6.97. The van der Waals surface area contributed by atoms with Crippen molar-refractivity contribution in [3.63, 3.8) is 0 Å². The Balaban J connectivity index is 2.36. The van der Waals surface area contributed by atoms with Gasteiger partial charge in [-0.05, 0) is 46.5 Å². The zero-order valence-electron chi connectivity index (χ0n) is 11.4. The number of aromatic carboxylic acids is 1. The predicted molar refractivity (Wildman–Crippen MR) is 86.1 cm³/mol. The molecule has 0 spiro atoms. The molecule has 0 radical (unpaired) electrons. The monoisotopic (exact) mass is 296 g/mol. The van der Waals surface area contributed by atoms with Crippen LogP contribution in [0.25, 0.3) is 21.9 Å². The summed E-state index contributed by atoms with van der Waals surface area (Å²) < 4.78 is 0. The van der Waals surface area contributed by atoms with Gasteiger partial charge in [0.05, 0.1) is 5.56 Å². The van der Waals surface area contributed by atoms with Crippen molar-refractivity contribution in [2.24, 2.45) is 0 Å². The fraction of sp³-hybridized carbons (Fsp3) is 0.0556. The van der Waals surface area contributed by atoms with Gasteiger partial charge in [0.15, 0.2) is 0 Å². The van der Waals surface area contributed by atoms with E-state index in [0.29, 0.717) is 10.6 Å². The molecule has 0 aliphatic carbocycles. The van der Waals surface area contributed by atoms with Gasteiger partial charge in [-0.3, -0.25) is 0 Å². The van der Waals surface area contributed by atoms with E-state index in [1.54, 1.807) is 12.1 Å². The Morgan fingerprint density at radius 2 is 1.62 bits per heavy atom. The molecule has 0 aliphatic heterocycles. The van der Waals surface area contributed by atoms with Gasteiger partial charge in [-0.15, -0.1) is 0 Å². The van der Waals surface area contributed by atoms with E-state index in [-0.39, 0.29) is 5.56 Å². The van der Waals surface area contributed by atoms with Gasteiger partial charge in [0.25, 0.3) is 0 Å². The highest BCUT2D eigenvalue weighted by Crippen LogP contribution is 2.33. The van der Waals surface area contributed by atoms with E-state index in [1.807, 2.05) is 43.3 Å². The van der Waals surface area contributed by atoms with E-state index in [0.717, 1.165) is 16.3 Å². The van der Waals surface area contributed by atoms with Crippen LogP contribution in [0.3, 0.4) is 0 Å². The molecule has 3 heteroatoms. The smallest absolute Gasteiger partial charge is 0.336 e. The Kier molecular flexibility index (Phi) is 3.40. The molecule has 2 nitrogen and oxygen atoms in total. The van der Waals surface area contributed by atoms with Crippen molar-refractivity contribution in [1.82, 2.24) is 0 Å². The zero-order chi connectivity index (χ0) is 15.0. The number of carboxylic acid groups (broad SMARTS) is 1. The van der Waals surface area contributed by atoms with Crippen molar-refractivity contribution >= 4 is 28.3 Å². The molecule has 3 rings (SSSR count). The summed E-state index contributed by atoms with van der Waals surface area (Å²) in [5.41, 5.74) is 2.98. The van der Waals surface area contributed by atoms with Crippen LogP contribution in [0.1, 0.15) is 15.9 Å². The molecule has 0 saturated carbocycles. The molecule has 0 aromatic heterocycles. The second kappa shape index (κ2) is 5.23. The highest BCUT2D eigenvalue weighted by Gasteiger charge is 2.14. The Labute approximate surface area is 127 Å². The summed E-state index contributed by atoms with van der Waals surface area (Å²) in [5, 5.41) is 12.0. The highest BCUT2D eigenvalue weighted by atomic mass is 35.5.